The van der Waals surface area contributed by atoms with E-state index in [0.29, 0.717) is 0 Å². The molecule has 0 aliphatic rings. The lowest BCUT2D eigenvalue weighted by molar-refractivity contribution is -0.117. The maximum absolute atomic E-state index is 11.7. The molecule has 1 amide bonds. The molecule has 1 aromatic rings. The molecule has 2 unspecified atom stereocenters. The predicted molar refractivity (Wildman–Crippen MR) is 64.3 cm³/mol. The van der Waals surface area contributed by atoms with Gasteiger partial charge < -0.3 is 10.1 Å². The molecule has 15 heavy (non-hydrogen) atoms. The summed E-state index contributed by atoms with van der Waals surface area (Å²) in [6.45, 7) is 1.84. The molecule has 0 fully saturated rings. The van der Waals surface area contributed by atoms with Crippen molar-refractivity contribution in [2.45, 2.75) is 17.9 Å². The van der Waals surface area contributed by atoms with Crippen LogP contribution in [0.25, 0.3) is 0 Å². The summed E-state index contributed by atoms with van der Waals surface area (Å²) in [5.74, 6) is -0.101. The molecule has 0 heterocycles. The van der Waals surface area contributed by atoms with Crippen LogP contribution in [0.5, 0.6) is 0 Å². The van der Waals surface area contributed by atoms with E-state index in [4.69, 9.17) is 4.74 Å². The third kappa shape index (κ3) is 3.64. The van der Waals surface area contributed by atoms with Crippen LogP contribution < -0.4 is 5.32 Å². The Hall–Kier alpha value is -0.870. The minimum absolute atomic E-state index is 0.101. The number of anilines is 1. The first kappa shape index (κ1) is 12.2. The number of para-hydroxylation sites is 1. The summed E-state index contributed by atoms with van der Waals surface area (Å²) in [5, 5.41) is 2.79. The van der Waals surface area contributed by atoms with Gasteiger partial charge in [-0.3, -0.25) is 4.79 Å². The summed E-state index contributed by atoms with van der Waals surface area (Å²) >= 11 is 3.29. The fraction of sp³-hybridized carbons (Fsp3) is 0.364. The van der Waals surface area contributed by atoms with Crippen LogP contribution in [0.15, 0.2) is 30.3 Å². The third-order valence-electron chi connectivity index (χ3n) is 2.08. The Bertz CT molecular complexity index is 316. The standard InChI is InChI=1S/C11H14BrNO2/c1-8(15-2)10(12)11(14)13-9-6-4-3-5-7-9/h3-8,10H,1-2H3,(H,13,14). The number of ether oxygens (including phenoxy) is 1. The lowest BCUT2D eigenvalue weighted by Gasteiger charge is -2.16. The number of rotatable bonds is 4. The van der Waals surface area contributed by atoms with E-state index in [1.165, 1.54) is 0 Å². The van der Waals surface area contributed by atoms with Crippen LogP contribution in [-0.2, 0) is 9.53 Å². The highest BCUT2D eigenvalue weighted by Crippen LogP contribution is 2.12. The first-order valence-electron chi connectivity index (χ1n) is 4.68. The number of hydrogen-bond donors (Lipinski definition) is 1. The van der Waals surface area contributed by atoms with Gasteiger partial charge in [-0.1, -0.05) is 34.1 Å². The summed E-state index contributed by atoms with van der Waals surface area (Å²) in [5.41, 5.74) is 0.787. The van der Waals surface area contributed by atoms with Gasteiger partial charge in [0.15, 0.2) is 0 Å². The van der Waals surface area contributed by atoms with Gasteiger partial charge in [-0.05, 0) is 19.1 Å². The zero-order chi connectivity index (χ0) is 11.3. The lowest BCUT2D eigenvalue weighted by atomic mass is 10.2. The molecule has 0 aliphatic heterocycles. The molecule has 1 aromatic carbocycles. The molecule has 0 aliphatic carbocycles. The second-order valence-electron chi connectivity index (χ2n) is 3.20. The number of nitrogens with one attached hydrogen (secondary N) is 1. The lowest BCUT2D eigenvalue weighted by Crippen LogP contribution is -2.32. The quantitative estimate of drug-likeness (QED) is 0.855. The highest BCUT2D eigenvalue weighted by molar-refractivity contribution is 9.10. The van der Waals surface area contributed by atoms with Crippen LogP contribution in [0.4, 0.5) is 5.69 Å². The number of benzene rings is 1. The summed E-state index contributed by atoms with van der Waals surface area (Å²) in [7, 11) is 1.58. The van der Waals surface area contributed by atoms with Crippen LogP contribution in [0, 0.1) is 0 Å². The van der Waals surface area contributed by atoms with Crippen molar-refractivity contribution in [2.75, 3.05) is 12.4 Å². The largest absolute Gasteiger partial charge is 0.380 e. The molecule has 0 spiro atoms. The van der Waals surface area contributed by atoms with Crippen molar-refractivity contribution in [1.29, 1.82) is 0 Å². The Morgan fingerprint density at radius 1 is 1.40 bits per heavy atom. The van der Waals surface area contributed by atoms with Gasteiger partial charge in [0.2, 0.25) is 5.91 Å². The smallest absolute Gasteiger partial charge is 0.240 e. The molecule has 0 aromatic heterocycles. The fourth-order valence-corrected chi connectivity index (χ4v) is 1.40. The summed E-state index contributed by atoms with van der Waals surface area (Å²) in [6, 6.07) is 9.33. The molecule has 3 nitrogen and oxygen atoms in total. The number of carbonyl (C=O) groups excluding carboxylic acids is 1. The van der Waals surface area contributed by atoms with Gasteiger partial charge in [0.05, 0.1) is 6.10 Å². The second-order valence-corrected chi connectivity index (χ2v) is 4.18. The minimum Gasteiger partial charge on any atom is -0.380 e. The van der Waals surface area contributed by atoms with Crippen molar-refractivity contribution in [3.8, 4) is 0 Å². The monoisotopic (exact) mass is 271 g/mol. The van der Waals surface area contributed by atoms with E-state index in [1.54, 1.807) is 7.11 Å². The van der Waals surface area contributed by atoms with Crippen LogP contribution in [-0.4, -0.2) is 23.9 Å². The van der Waals surface area contributed by atoms with E-state index in [1.807, 2.05) is 37.3 Å². The number of amides is 1. The Morgan fingerprint density at radius 3 is 2.53 bits per heavy atom. The van der Waals surface area contributed by atoms with Crippen molar-refractivity contribution in [3.63, 3.8) is 0 Å². The molecule has 0 radical (unpaired) electrons. The van der Waals surface area contributed by atoms with E-state index < -0.39 is 0 Å². The van der Waals surface area contributed by atoms with Gasteiger partial charge in [-0.15, -0.1) is 0 Å². The van der Waals surface area contributed by atoms with E-state index in [0.717, 1.165) is 5.69 Å². The van der Waals surface area contributed by atoms with E-state index in [9.17, 15) is 4.79 Å². The maximum Gasteiger partial charge on any atom is 0.240 e. The SMILES string of the molecule is COC(C)C(Br)C(=O)Nc1ccccc1. The molecule has 1 rings (SSSR count). The van der Waals surface area contributed by atoms with Gasteiger partial charge in [0.1, 0.15) is 4.83 Å². The molecule has 4 heteroatoms. The Kier molecular flexibility index (Phi) is 4.78. The van der Waals surface area contributed by atoms with Crippen LogP contribution in [0.2, 0.25) is 0 Å². The van der Waals surface area contributed by atoms with Gasteiger partial charge in [0.25, 0.3) is 0 Å². The number of carbonyl (C=O) groups is 1. The van der Waals surface area contributed by atoms with Crippen LogP contribution in [0.1, 0.15) is 6.92 Å². The molecular weight excluding hydrogens is 258 g/mol. The molecule has 1 N–H and O–H groups in total. The van der Waals surface area contributed by atoms with Crippen LogP contribution in [0.3, 0.4) is 0 Å². The van der Waals surface area contributed by atoms with Crippen molar-refractivity contribution in [1.82, 2.24) is 0 Å². The van der Waals surface area contributed by atoms with E-state index >= 15 is 0 Å². The second kappa shape index (κ2) is 5.88. The van der Waals surface area contributed by atoms with Crippen molar-refractivity contribution in [2.24, 2.45) is 0 Å². The number of methoxy groups -OCH3 is 1. The zero-order valence-electron chi connectivity index (χ0n) is 8.74. The Labute approximate surface area is 97.9 Å². The number of halogens is 1. The highest BCUT2D eigenvalue weighted by atomic mass is 79.9. The maximum atomic E-state index is 11.7. The number of alkyl halides is 1. The molecular formula is C11H14BrNO2. The highest BCUT2D eigenvalue weighted by Gasteiger charge is 2.21. The van der Waals surface area contributed by atoms with Gasteiger partial charge >= 0.3 is 0 Å². The Morgan fingerprint density at radius 2 is 2.00 bits per heavy atom. The van der Waals surface area contributed by atoms with E-state index in [2.05, 4.69) is 21.2 Å². The fourth-order valence-electron chi connectivity index (χ4n) is 1.07. The molecule has 0 bridgehead atoms. The molecule has 0 saturated heterocycles. The van der Waals surface area contributed by atoms with Crippen molar-refractivity contribution in [3.05, 3.63) is 30.3 Å². The van der Waals surface area contributed by atoms with Gasteiger partial charge in [-0.2, -0.15) is 0 Å². The van der Waals surface area contributed by atoms with Crippen LogP contribution >= 0.6 is 15.9 Å². The third-order valence-corrected chi connectivity index (χ3v) is 3.24. The summed E-state index contributed by atoms with van der Waals surface area (Å²) in [4.78, 5) is 11.3. The molecule has 0 saturated carbocycles. The van der Waals surface area contributed by atoms with Gasteiger partial charge in [0, 0.05) is 12.8 Å². The molecule has 2 atom stereocenters. The minimum atomic E-state index is -0.345. The normalized spacial score (nSPS) is 14.3. The topological polar surface area (TPSA) is 38.3 Å². The first-order valence-corrected chi connectivity index (χ1v) is 5.59. The van der Waals surface area contributed by atoms with E-state index in [-0.39, 0.29) is 16.8 Å². The predicted octanol–water partition coefficient (Wildman–Crippen LogP) is 2.42. The van der Waals surface area contributed by atoms with Gasteiger partial charge in [-0.25, -0.2) is 0 Å². The molecule has 82 valence electrons. The zero-order valence-corrected chi connectivity index (χ0v) is 10.3. The van der Waals surface area contributed by atoms with Crippen molar-refractivity contribution >= 4 is 27.5 Å². The van der Waals surface area contributed by atoms with Crippen molar-refractivity contribution < 1.29 is 9.53 Å². The first-order chi connectivity index (χ1) is 7.15. The Balaban J connectivity index is 2.56. The average molecular weight is 272 g/mol. The summed E-state index contributed by atoms with van der Waals surface area (Å²) < 4.78 is 5.06. The summed E-state index contributed by atoms with van der Waals surface area (Å²) in [6.07, 6.45) is -0.159. The average Bonchev–Trinajstić information content (AvgIpc) is 2.28. The number of hydrogen-bond acceptors (Lipinski definition) is 2.